The summed E-state index contributed by atoms with van der Waals surface area (Å²) in [5.41, 5.74) is 0.270. The number of rotatable bonds is 3. The fraction of sp³-hybridized carbons (Fsp3) is 0.333. The van der Waals surface area contributed by atoms with Crippen molar-refractivity contribution in [1.82, 2.24) is 0 Å². The van der Waals surface area contributed by atoms with Gasteiger partial charge in [0.15, 0.2) is 0 Å². The van der Waals surface area contributed by atoms with Crippen LogP contribution in [0.15, 0.2) is 18.2 Å². The maximum atomic E-state index is 12.2. The molecule has 0 saturated carbocycles. The van der Waals surface area contributed by atoms with Crippen LogP contribution in [-0.4, -0.2) is 31.5 Å². The van der Waals surface area contributed by atoms with Crippen molar-refractivity contribution in [1.29, 1.82) is 0 Å². The Morgan fingerprint density at radius 2 is 1.95 bits per heavy atom. The maximum absolute atomic E-state index is 12.2. The number of halogens is 3. The van der Waals surface area contributed by atoms with Gasteiger partial charge < -0.3 is 9.64 Å². The molecule has 0 N–H and O–H groups in total. The highest BCUT2D eigenvalue weighted by Gasteiger charge is 2.38. The second-order valence-electron chi connectivity index (χ2n) is 4.03. The summed E-state index contributed by atoms with van der Waals surface area (Å²) in [5, 5.41) is 0. The summed E-state index contributed by atoms with van der Waals surface area (Å²) in [6.45, 7) is -0.562. The summed E-state index contributed by atoms with van der Waals surface area (Å²) in [6, 6.07) is 4.25. The second kappa shape index (κ2) is 4.56. The minimum absolute atomic E-state index is 0.0755. The molecule has 102 valence electrons. The minimum Gasteiger partial charge on any atom is -0.497 e. The number of Topliss-reactive ketones (excluding diaryl/α,β-unsaturated/α-hetero) is 1. The Morgan fingerprint density at radius 1 is 1.26 bits per heavy atom. The summed E-state index contributed by atoms with van der Waals surface area (Å²) in [7, 11) is 1.39. The first kappa shape index (κ1) is 13.4. The third-order valence-corrected chi connectivity index (χ3v) is 2.80. The van der Waals surface area contributed by atoms with E-state index in [-0.39, 0.29) is 11.3 Å². The summed E-state index contributed by atoms with van der Waals surface area (Å²) in [5.74, 6) is -1.37. The Labute approximate surface area is 106 Å². The number of carbonyl (C=O) groups excluding carboxylic acids is 2. The smallest absolute Gasteiger partial charge is 0.390 e. The minimum atomic E-state index is -4.38. The molecule has 0 atom stereocenters. The molecule has 0 aromatic heterocycles. The van der Waals surface area contributed by atoms with E-state index in [9.17, 15) is 22.8 Å². The lowest BCUT2D eigenvalue weighted by Gasteiger charge is -2.17. The van der Waals surface area contributed by atoms with Crippen LogP contribution in [-0.2, 0) is 4.79 Å². The van der Waals surface area contributed by atoms with Crippen LogP contribution >= 0.6 is 0 Å². The zero-order chi connectivity index (χ0) is 14.2. The fourth-order valence-electron chi connectivity index (χ4n) is 1.87. The quantitative estimate of drug-likeness (QED) is 0.793. The molecule has 1 aromatic carbocycles. The van der Waals surface area contributed by atoms with Crippen molar-refractivity contribution in [2.24, 2.45) is 0 Å². The third-order valence-electron chi connectivity index (χ3n) is 2.80. The molecule has 1 amide bonds. The van der Waals surface area contributed by atoms with Crippen molar-refractivity contribution in [3.05, 3.63) is 23.8 Å². The van der Waals surface area contributed by atoms with Crippen LogP contribution in [0.3, 0.4) is 0 Å². The summed E-state index contributed by atoms with van der Waals surface area (Å²) >= 11 is 0. The van der Waals surface area contributed by atoms with Gasteiger partial charge in [-0.3, -0.25) is 9.59 Å². The molecule has 0 unspecified atom stereocenters. The van der Waals surface area contributed by atoms with Gasteiger partial charge >= 0.3 is 6.18 Å². The van der Waals surface area contributed by atoms with Gasteiger partial charge in [-0.15, -0.1) is 0 Å². The number of benzene rings is 1. The average Bonchev–Trinajstić information content (AvgIpc) is 2.58. The number of carbonyl (C=O) groups is 2. The van der Waals surface area contributed by atoms with Crippen LogP contribution in [0.2, 0.25) is 0 Å². The lowest BCUT2D eigenvalue weighted by molar-refractivity contribution is -0.133. The molecule has 0 fully saturated rings. The van der Waals surface area contributed by atoms with Crippen LogP contribution in [0.25, 0.3) is 0 Å². The molecule has 1 aromatic rings. The van der Waals surface area contributed by atoms with E-state index in [4.69, 9.17) is 4.74 Å². The molecular formula is C12H10F3NO3. The van der Waals surface area contributed by atoms with Crippen molar-refractivity contribution < 1.29 is 27.5 Å². The molecule has 1 heterocycles. The molecule has 1 aliphatic heterocycles. The number of anilines is 1. The van der Waals surface area contributed by atoms with Gasteiger partial charge in [-0.1, -0.05) is 0 Å². The van der Waals surface area contributed by atoms with Crippen LogP contribution in [0.1, 0.15) is 16.8 Å². The number of hydrogen-bond donors (Lipinski definition) is 0. The first-order valence-corrected chi connectivity index (χ1v) is 5.44. The molecule has 2 rings (SSSR count). The Bertz CT molecular complexity index is 540. The number of ether oxygens (including phenoxy) is 1. The van der Waals surface area contributed by atoms with E-state index in [0.717, 1.165) is 4.90 Å². The first-order valence-electron chi connectivity index (χ1n) is 5.44. The highest BCUT2D eigenvalue weighted by molar-refractivity contribution is 6.52. The van der Waals surface area contributed by atoms with E-state index in [1.165, 1.54) is 25.3 Å². The molecule has 1 aliphatic rings. The summed E-state index contributed by atoms with van der Waals surface area (Å²) in [6.07, 6.45) is -5.53. The molecule has 0 spiro atoms. The van der Waals surface area contributed by atoms with Crippen molar-refractivity contribution >= 4 is 17.4 Å². The Balaban J connectivity index is 2.29. The normalized spacial score (nSPS) is 14.8. The molecule has 0 bridgehead atoms. The largest absolute Gasteiger partial charge is 0.497 e. The number of ketones is 1. The van der Waals surface area contributed by atoms with Gasteiger partial charge in [0.1, 0.15) is 5.75 Å². The lowest BCUT2D eigenvalue weighted by atomic mass is 10.1. The van der Waals surface area contributed by atoms with Gasteiger partial charge in [0.05, 0.1) is 24.8 Å². The standard InChI is InChI=1S/C12H10F3NO3/c1-19-7-2-3-9-8(6-7)10(17)11(18)16(9)5-4-12(13,14)15/h2-3,6H,4-5H2,1H3. The van der Waals surface area contributed by atoms with Crippen LogP contribution in [0.5, 0.6) is 5.75 Å². The SMILES string of the molecule is COc1ccc2c(c1)C(=O)C(=O)N2CCC(F)(F)F. The Kier molecular flexibility index (Phi) is 3.21. The molecule has 4 nitrogen and oxygen atoms in total. The Morgan fingerprint density at radius 3 is 2.53 bits per heavy atom. The second-order valence-corrected chi connectivity index (χ2v) is 4.03. The average molecular weight is 273 g/mol. The zero-order valence-corrected chi connectivity index (χ0v) is 9.95. The number of hydrogen-bond acceptors (Lipinski definition) is 3. The summed E-state index contributed by atoms with van der Waals surface area (Å²) < 4.78 is 41.5. The van der Waals surface area contributed by atoms with Gasteiger partial charge in [-0.25, -0.2) is 0 Å². The molecule has 0 saturated heterocycles. The Hall–Kier alpha value is -2.05. The molecule has 0 aliphatic carbocycles. The van der Waals surface area contributed by atoms with Gasteiger partial charge in [-0.2, -0.15) is 13.2 Å². The lowest BCUT2D eigenvalue weighted by Crippen LogP contribution is -2.33. The number of alkyl halides is 3. The highest BCUT2D eigenvalue weighted by Crippen LogP contribution is 2.33. The number of fused-ring (bicyclic) bond motifs is 1. The number of nitrogens with zero attached hydrogens (tertiary/aromatic N) is 1. The topological polar surface area (TPSA) is 46.6 Å². The van der Waals surface area contributed by atoms with E-state index in [2.05, 4.69) is 0 Å². The molecule has 0 radical (unpaired) electrons. The van der Waals surface area contributed by atoms with Crippen LogP contribution in [0, 0.1) is 0 Å². The van der Waals surface area contributed by atoms with E-state index in [1.807, 2.05) is 0 Å². The predicted octanol–water partition coefficient (Wildman–Crippen LogP) is 2.18. The van der Waals surface area contributed by atoms with E-state index >= 15 is 0 Å². The van der Waals surface area contributed by atoms with Crippen LogP contribution in [0.4, 0.5) is 18.9 Å². The van der Waals surface area contributed by atoms with Crippen molar-refractivity contribution in [2.45, 2.75) is 12.6 Å². The third kappa shape index (κ3) is 2.54. The zero-order valence-electron chi connectivity index (χ0n) is 9.95. The fourth-order valence-corrected chi connectivity index (χ4v) is 1.87. The monoisotopic (exact) mass is 273 g/mol. The first-order chi connectivity index (χ1) is 8.83. The molecule has 19 heavy (non-hydrogen) atoms. The van der Waals surface area contributed by atoms with Crippen molar-refractivity contribution in [2.75, 3.05) is 18.6 Å². The number of methoxy groups -OCH3 is 1. The predicted molar refractivity (Wildman–Crippen MR) is 60.3 cm³/mol. The van der Waals surface area contributed by atoms with Gasteiger partial charge in [0.2, 0.25) is 0 Å². The van der Waals surface area contributed by atoms with Gasteiger partial charge in [0, 0.05) is 6.54 Å². The van der Waals surface area contributed by atoms with Crippen molar-refractivity contribution in [3.8, 4) is 5.75 Å². The summed E-state index contributed by atoms with van der Waals surface area (Å²) in [4.78, 5) is 24.2. The van der Waals surface area contributed by atoms with E-state index < -0.39 is 30.8 Å². The van der Waals surface area contributed by atoms with E-state index in [0.29, 0.717) is 5.75 Å². The van der Waals surface area contributed by atoms with Crippen LogP contribution < -0.4 is 9.64 Å². The molecule has 7 heteroatoms. The van der Waals surface area contributed by atoms with E-state index in [1.54, 1.807) is 0 Å². The van der Waals surface area contributed by atoms with Gasteiger partial charge in [-0.05, 0) is 18.2 Å². The highest BCUT2D eigenvalue weighted by atomic mass is 19.4. The van der Waals surface area contributed by atoms with Gasteiger partial charge in [0.25, 0.3) is 11.7 Å². The maximum Gasteiger partial charge on any atom is 0.390 e. The van der Waals surface area contributed by atoms with Crippen molar-refractivity contribution in [3.63, 3.8) is 0 Å². The molecular weight excluding hydrogens is 263 g/mol. The number of amides is 1.